The fourth-order valence-corrected chi connectivity index (χ4v) is 2.72. The highest BCUT2D eigenvalue weighted by Crippen LogP contribution is 2.26. The van der Waals surface area contributed by atoms with Crippen LogP contribution in [-0.2, 0) is 6.54 Å². The van der Waals surface area contributed by atoms with Crippen molar-refractivity contribution in [2.75, 3.05) is 0 Å². The molecule has 1 aliphatic carbocycles. The first-order valence-corrected chi connectivity index (χ1v) is 6.79. The maximum absolute atomic E-state index is 9.22. The fourth-order valence-electron chi connectivity index (χ4n) is 2.72. The van der Waals surface area contributed by atoms with E-state index in [9.17, 15) is 5.11 Å². The van der Waals surface area contributed by atoms with Crippen molar-refractivity contribution >= 4 is 0 Å². The second kappa shape index (κ2) is 6.06. The van der Waals surface area contributed by atoms with E-state index in [1.165, 1.54) is 37.7 Å². The summed E-state index contributed by atoms with van der Waals surface area (Å²) in [4.78, 5) is 0. The lowest BCUT2D eigenvalue weighted by Crippen LogP contribution is -2.33. The second-order valence-corrected chi connectivity index (χ2v) is 5.19. The Balaban J connectivity index is 1.79. The van der Waals surface area contributed by atoms with Gasteiger partial charge in [0.1, 0.15) is 5.75 Å². The molecule has 2 heteroatoms. The van der Waals surface area contributed by atoms with Crippen molar-refractivity contribution in [3.8, 4) is 5.75 Å². The molecule has 0 radical (unpaired) electrons. The van der Waals surface area contributed by atoms with Gasteiger partial charge in [-0.15, -0.1) is 0 Å². The van der Waals surface area contributed by atoms with E-state index in [0.29, 0.717) is 11.8 Å². The topological polar surface area (TPSA) is 32.3 Å². The lowest BCUT2D eigenvalue weighted by Gasteiger charge is -2.29. The highest BCUT2D eigenvalue weighted by Gasteiger charge is 2.19. The van der Waals surface area contributed by atoms with Crippen molar-refractivity contribution in [2.24, 2.45) is 5.92 Å². The van der Waals surface area contributed by atoms with Crippen molar-refractivity contribution < 1.29 is 5.11 Å². The molecule has 1 aliphatic rings. The lowest BCUT2D eigenvalue weighted by atomic mass is 9.84. The number of benzene rings is 1. The zero-order valence-electron chi connectivity index (χ0n) is 10.7. The van der Waals surface area contributed by atoms with Crippen LogP contribution < -0.4 is 5.32 Å². The van der Waals surface area contributed by atoms with Gasteiger partial charge in [0.15, 0.2) is 0 Å². The van der Waals surface area contributed by atoms with E-state index in [4.69, 9.17) is 0 Å². The monoisotopic (exact) mass is 233 g/mol. The van der Waals surface area contributed by atoms with Crippen LogP contribution in [0.4, 0.5) is 0 Å². The standard InChI is InChI=1S/C15H23NO/c1-2-12-4-3-5-14(10-12)16-11-13-6-8-15(17)9-7-13/h6-9,12,14,16-17H,2-5,10-11H2,1H3. The quantitative estimate of drug-likeness (QED) is 0.835. The van der Waals surface area contributed by atoms with Gasteiger partial charge in [0.05, 0.1) is 0 Å². The third-order valence-corrected chi connectivity index (χ3v) is 3.89. The number of hydrogen-bond acceptors (Lipinski definition) is 2. The van der Waals surface area contributed by atoms with Gasteiger partial charge >= 0.3 is 0 Å². The molecule has 1 saturated carbocycles. The van der Waals surface area contributed by atoms with Gasteiger partial charge in [-0.05, 0) is 36.5 Å². The number of phenols is 1. The predicted octanol–water partition coefficient (Wildman–Crippen LogP) is 3.45. The normalized spacial score (nSPS) is 24.8. The number of hydrogen-bond donors (Lipinski definition) is 2. The highest BCUT2D eigenvalue weighted by molar-refractivity contribution is 5.25. The van der Waals surface area contributed by atoms with Crippen LogP contribution in [0.3, 0.4) is 0 Å². The van der Waals surface area contributed by atoms with E-state index in [0.717, 1.165) is 12.5 Å². The van der Waals surface area contributed by atoms with E-state index in [1.54, 1.807) is 12.1 Å². The summed E-state index contributed by atoms with van der Waals surface area (Å²) in [6.45, 7) is 3.22. The van der Waals surface area contributed by atoms with E-state index < -0.39 is 0 Å². The largest absolute Gasteiger partial charge is 0.508 e. The summed E-state index contributed by atoms with van der Waals surface area (Å²) in [7, 11) is 0. The van der Waals surface area contributed by atoms with Crippen molar-refractivity contribution in [2.45, 2.75) is 51.6 Å². The lowest BCUT2D eigenvalue weighted by molar-refractivity contribution is 0.278. The van der Waals surface area contributed by atoms with E-state index in [-0.39, 0.29) is 0 Å². The van der Waals surface area contributed by atoms with Crippen LogP contribution in [0.15, 0.2) is 24.3 Å². The Kier molecular flexibility index (Phi) is 4.43. The first-order valence-electron chi connectivity index (χ1n) is 6.79. The maximum Gasteiger partial charge on any atom is 0.115 e. The Bertz CT molecular complexity index is 333. The first kappa shape index (κ1) is 12.4. The maximum atomic E-state index is 9.22. The molecule has 17 heavy (non-hydrogen) atoms. The van der Waals surface area contributed by atoms with Crippen LogP contribution >= 0.6 is 0 Å². The summed E-state index contributed by atoms with van der Waals surface area (Å²) in [6.07, 6.45) is 6.74. The molecule has 2 unspecified atom stereocenters. The molecule has 0 bridgehead atoms. The molecule has 94 valence electrons. The van der Waals surface area contributed by atoms with Gasteiger partial charge in [-0.2, -0.15) is 0 Å². The summed E-state index contributed by atoms with van der Waals surface area (Å²) < 4.78 is 0. The highest BCUT2D eigenvalue weighted by atomic mass is 16.3. The zero-order chi connectivity index (χ0) is 12.1. The Morgan fingerprint density at radius 2 is 2.00 bits per heavy atom. The number of nitrogens with one attached hydrogen (secondary N) is 1. The first-order chi connectivity index (χ1) is 8.28. The molecule has 1 aromatic carbocycles. The van der Waals surface area contributed by atoms with Gasteiger partial charge in [-0.3, -0.25) is 0 Å². The minimum atomic E-state index is 0.345. The number of rotatable bonds is 4. The molecule has 0 aliphatic heterocycles. The van der Waals surface area contributed by atoms with Gasteiger partial charge in [0, 0.05) is 12.6 Å². The molecule has 2 nitrogen and oxygen atoms in total. The average Bonchev–Trinajstić information content (AvgIpc) is 2.38. The molecule has 0 saturated heterocycles. The minimum absolute atomic E-state index is 0.345. The minimum Gasteiger partial charge on any atom is -0.508 e. The van der Waals surface area contributed by atoms with Crippen LogP contribution in [-0.4, -0.2) is 11.1 Å². The molecule has 0 aromatic heterocycles. The van der Waals surface area contributed by atoms with Gasteiger partial charge in [0.2, 0.25) is 0 Å². The number of phenolic OH excluding ortho intramolecular Hbond substituents is 1. The zero-order valence-corrected chi connectivity index (χ0v) is 10.7. The molecule has 2 N–H and O–H groups in total. The SMILES string of the molecule is CCC1CCCC(NCc2ccc(O)cc2)C1. The third-order valence-electron chi connectivity index (χ3n) is 3.89. The van der Waals surface area contributed by atoms with Crippen LogP contribution in [0.1, 0.15) is 44.6 Å². The molecule has 1 fully saturated rings. The van der Waals surface area contributed by atoms with Crippen LogP contribution in [0.5, 0.6) is 5.75 Å². The third kappa shape index (κ3) is 3.74. The average molecular weight is 233 g/mol. The Hall–Kier alpha value is -1.02. The smallest absolute Gasteiger partial charge is 0.115 e. The predicted molar refractivity (Wildman–Crippen MR) is 71.0 cm³/mol. The molecular weight excluding hydrogens is 210 g/mol. The fraction of sp³-hybridized carbons (Fsp3) is 0.600. The van der Waals surface area contributed by atoms with Crippen molar-refractivity contribution in [3.63, 3.8) is 0 Å². The Morgan fingerprint density at radius 3 is 2.71 bits per heavy atom. The van der Waals surface area contributed by atoms with Crippen molar-refractivity contribution in [1.29, 1.82) is 0 Å². The van der Waals surface area contributed by atoms with Crippen LogP contribution in [0.25, 0.3) is 0 Å². The van der Waals surface area contributed by atoms with Crippen molar-refractivity contribution in [3.05, 3.63) is 29.8 Å². The van der Waals surface area contributed by atoms with Gasteiger partial charge in [-0.1, -0.05) is 38.3 Å². The Labute approximate surface area is 104 Å². The molecule has 1 aromatic rings. The van der Waals surface area contributed by atoms with E-state index >= 15 is 0 Å². The molecule has 0 spiro atoms. The van der Waals surface area contributed by atoms with Crippen molar-refractivity contribution in [1.82, 2.24) is 5.32 Å². The summed E-state index contributed by atoms with van der Waals surface area (Å²) in [5.41, 5.74) is 1.25. The van der Waals surface area contributed by atoms with Gasteiger partial charge < -0.3 is 10.4 Å². The molecular formula is C15H23NO. The Morgan fingerprint density at radius 1 is 1.24 bits per heavy atom. The van der Waals surface area contributed by atoms with E-state index in [1.807, 2.05) is 12.1 Å². The van der Waals surface area contributed by atoms with Gasteiger partial charge in [-0.25, -0.2) is 0 Å². The molecule has 0 amide bonds. The summed E-state index contributed by atoms with van der Waals surface area (Å²) in [5.74, 6) is 1.26. The van der Waals surface area contributed by atoms with E-state index in [2.05, 4.69) is 12.2 Å². The number of aromatic hydroxyl groups is 1. The van der Waals surface area contributed by atoms with Gasteiger partial charge in [0.25, 0.3) is 0 Å². The molecule has 2 atom stereocenters. The summed E-state index contributed by atoms with van der Waals surface area (Å²) in [6, 6.07) is 8.17. The molecule has 2 rings (SSSR count). The summed E-state index contributed by atoms with van der Waals surface area (Å²) >= 11 is 0. The summed E-state index contributed by atoms with van der Waals surface area (Å²) in [5, 5.41) is 12.9. The van der Waals surface area contributed by atoms with Crippen LogP contribution in [0.2, 0.25) is 0 Å². The second-order valence-electron chi connectivity index (χ2n) is 5.19. The van der Waals surface area contributed by atoms with Crippen LogP contribution in [0, 0.1) is 5.92 Å². The molecule has 0 heterocycles.